The van der Waals surface area contributed by atoms with Crippen LogP contribution in [0.5, 0.6) is 5.88 Å². The second-order valence-corrected chi connectivity index (χ2v) is 5.04. The zero-order valence-corrected chi connectivity index (χ0v) is 11.1. The van der Waals surface area contributed by atoms with Gasteiger partial charge in [-0.25, -0.2) is 0 Å². The highest BCUT2D eigenvalue weighted by molar-refractivity contribution is 14.1. The SMILES string of the molecule is COC1(c2nc(O)c(I)c(=O)[nH]2)CCCC1. The molecule has 0 spiro atoms. The Morgan fingerprint density at radius 3 is 2.62 bits per heavy atom. The highest BCUT2D eigenvalue weighted by Crippen LogP contribution is 2.40. The van der Waals surface area contributed by atoms with Crippen molar-refractivity contribution in [1.82, 2.24) is 9.97 Å². The quantitative estimate of drug-likeness (QED) is 0.803. The van der Waals surface area contributed by atoms with E-state index in [2.05, 4.69) is 9.97 Å². The molecule has 16 heavy (non-hydrogen) atoms. The molecule has 0 saturated heterocycles. The molecule has 2 rings (SSSR count). The summed E-state index contributed by atoms with van der Waals surface area (Å²) in [6.45, 7) is 0. The van der Waals surface area contributed by atoms with Crippen LogP contribution in [0.15, 0.2) is 4.79 Å². The summed E-state index contributed by atoms with van der Waals surface area (Å²) in [5.41, 5.74) is -0.840. The Morgan fingerprint density at radius 1 is 1.50 bits per heavy atom. The highest BCUT2D eigenvalue weighted by atomic mass is 127. The predicted octanol–water partition coefficient (Wildman–Crippen LogP) is 1.50. The minimum atomic E-state index is -0.527. The minimum absolute atomic E-state index is 0.214. The lowest BCUT2D eigenvalue weighted by Crippen LogP contribution is -2.30. The summed E-state index contributed by atoms with van der Waals surface area (Å²) in [4.78, 5) is 18.3. The van der Waals surface area contributed by atoms with E-state index in [0.29, 0.717) is 5.82 Å². The fraction of sp³-hybridized carbons (Fsp3) is 0.600. The molecule has 6 heteroatoms. The van der Waals surface area contributed by atoms with E-state index in [-0.39, 0.29) is 15.0 Å². The Morgan fingerprint density at radius 2 is 2.12 bits per heavy atom. The van der Waals surface area contributed by atoms with Crippen LogP contribution in [0.2, 0.25) is 0 Å². The lowest BCUT2D eigenvalue weighted by molar-refractivity contribution is -0.0169. The summed E-state index contributed by atoms with van der Waals surface area (Å²) in [6, 6.07) is 0. The molecule has 0 aliphatic heterocycles. The molecule has 1 fully saturated rings. The Kier molecular flexibility index (Phi) is 3.20. The molecule has 0 atom stereocenters. The van der Waals surface area contributed by atoms with Crippen molar-refractivity contribution in [1.29, 1.82) is 0 Å². The summed E-state index contributed by atoms with van der Waals surface area (Å²) < 4.78 is 5.70. The lowest BCUT2D eigenvalue weighted by Gasteiger charge is -2.25. The number of nitrogens with zero attached hydrogens (tertiary/aromatic N) is 1. The Labute approximate surface area is 106 Å². The fourth-order valence-corrected chi connectivity index (χ4v) is 2.40. The maximum Gasteiger partial charge on any atom is 0.268 e. The number of halogens is 1. The first kappa shape index (κ1) is 11.8. The smallest absolute Gasteiger partial charge is 0.268 e. The van der Waals surface area contributed by atoms with Crippen LogP contribution < -0.4 is 5.56 Å². The predicted molar refractivity (Wildman–Crippen MR) is 66.4 cm³/mol. The molecule has 0 bridgehead atoms. The van der Waals surface area contributed by atoms with Gasteiger partial charge in [0.2, 0.25) is 5.88 Å². The minimum Gasteiger partial charge on any atom is -0.492 e. The third kappa shape index (κ3) is 1.84. The van der Waals surface area contributed by atoms with Gasteiger partial charge in [0.25, 0.3) is 5.56 Å². The van der Waals surface area contributed by atoms with Gasteiger partial charge in [0.1, 0.15) is 15.0 Å². The van der Waals surface area contributed by atoms with Crippen molar-refractivity contribution in [3.63, 3.8) is 0 Å². The van der Waals surface area contributed by atoms with Crippen LogP contribution in [-0.4, -0.2) is 22.2 Å². The lowest BCUT2D eigenvalue weighted by atomic mass is 10.0. The van der Waals surface area contributed by atoms with E-state index in [1.807, 2.05) is 0 Å². The molecule has 1 aliphatic carbocycles. The van der Waals surface area contributed by atoms with Gasteiger partial charge in [-0.05, 0) is 48.3 Å². The number of aromatic hydroxyl groups is 1. The van der Waals surface area contributed by atoms with Crippen molar-refractivity contribution >= 4 is 22.6 Å². The zero-order chi connectivity index (χ0) is 11.8. The average molecular weight is 336 g/mol. The van der Waals surface area contributed by atoms with E-state index >= 15 is 0 Å². The largest absolute Gasteiger partial charge is 0.492 e. The van der Waals surface area contributed by atoms with E-state index in [0.717, 1.165) is 25.7 Å². The van der Waals surface area contributed by atoms with Gasteiger partial charge in [-0.3, -0.25) is 4.79 Å². The molecular weight excluding hydrogens is 323 g/mol. The molecule has 0 radical (unpaired) electrons. The molecule has 2 N–H and O–H groups in total. The topological polar surface area (TPSA) is 75.2 Å². The van der Waals surface area contributed by atoms with Crippen LogP contribution in [0.1, 0.15) is 31.5 Å². The van der Waals surface area contributed by atoms with Gasteiger partial charge in [0.15, 0.2) is 0 Å². The maximum absolute atomic E-state index is 11.6. The number of nitrogens with one attached hydrogen (secondary N) is 1. The summed E-state index contributed by atoms with van der Waals surface area (Å²) in [5, 5.41) is 9.56. The molecule has 0 unspecified atom stereocenters. The summed E-state index contributed by atoms with van der Waals surface area (Å²) in [5.74, 6) is 0.220. The van der Waals surface area contributed by atoms with Crippen LogP contribution in [0.3, 0.4) is 0 Å². The van der Waals surface area contributed by atoms with Gasteiger partial charge in [-0.15, -0.1) is 0 Å². The van der Waals surface area contributed by atoms with Crippen molar-refractivity contribution in [2.24, 2.45) is 0 Å². The number of aromatic nitrogens is 2. The van der Waals surface area contributed by atoms with E-state index in [1.54, 1.807) is 29.7 Å². The number of H-pyrrole nitrogens is 1. The Hall–Kier alpha value is -0.630. The van der Waals surface area contributed by atoms with Crippen molar-refractivity contribution < 1.29 is 9.84 Å². The first-order valence-corrected chi connectivity index (χ1v) is 6.21. The van der Waals surface area contributed by atoms with E-state index < -0.39 is 5.60 Å². The molecular formula is C10H13IN2O3. The van der Waals surface area contributed by atoms with Crippen molar-refractivity contribution in [3.05, 3.63) is 19.7 Å². The Balaban J connectivity index is 2.51. The number of rotatable bonds is 2. The summed E-state index contributed by atoms with van der Waals surface area (Å²) in [7, 11) is 1.61. The van der Waals surface area contributed by atoms with Gasteiger partial charge in [-0.1, -0.05) is 0 Å². The number of aromatic amines is 1. The zero-order valence-electron chi connectivity index (χ0n) is 8.92. The van der Waals surface area contributed by atoms with Gasteiger partial charge >= 0.3 is 0 Å². The van der Waals surface area contributed by atoms with Crippen LogP contribution in [-0.2, 0) is 10.3 Å². The molecule has 5 nitrogen and oxygen atoms in total. The van der Waals surface area contributed by atoms with Crippen LogP contribution in [0.25, 0.3) is 0 Å². The van der Waals surface area contributed by atoms with Crippen LogP contribution >= 0.6 is 22.6 Å². The number of hydrogen-bond donors (Lipinski definition) is 2. The molecule has 1 aromatic rings. The van der Waals surface area contributed by atoms with Crippen LogP contribution in [0, 0.1) is 3.57 Å². The number of hydrogen-bond acceptors (Lipinski definition) is 4. The van der Waals surface area contributed by atoms with E-state index in [1.165, 1.54) is 0 Å². The first-order chi connectivity index (χ1) is 7.59. The molecule has 1 aliphatic rings. The van der Waals surface area contributed by atoms with E-state index in [4.69, 9.17) is 4.74 Å². The molecule has 88 valence electrons. The normalized spacial score (nSPS) is 18.9. The number of methoxy groups -OCH3 is 1. The van der Waals surface area contributed by atoms with Crippen molar-refractivity contribution in [3.8, 4) is 5.88 Å². The monoisotopic (exact) mass is 336 g/mol. The standard InChI is InChI=1S/C10H13IN2O3/c1-16-10(4-2-3-5-10)9-12-7(14)6(11)8(15)13-9/h2-5H2,1H3,(H2,12,13,14,15). The third-order valence-corrected chi connectivity index (χ3v) is 4.05. The van der Waals surface area contributed by atoms with Gasteiger partial charge in [0, 0.05) is 7.11 Å². The van der Waals surface area contributed by atoms with E-state index in [9.17, 15) is 9.90 Å². The maximum atomic E-state index is 11.6. The first-order valence-electron chi connectivity index (χ1n) is 5.13. The number of ether oxygens (including phenoxy) is 1. The summed E-state index contributed by atoms with van der Waals surface area (Å²) >= 11 is 1.77. The van der Waals surface area contributed by atoms with Crippen molar-refractivity contribution in [2.75, 3.05) is 7.11 Å². The molecule has 0 amide bonds. The second-order valence-electron chi connectivity index (χ2n) is 3.96. The molecule has 1 saturated carbocycles. The average Bonchev–Trinajstić information content (AvgIpc) is 2.75. The van der Waals surface area contributed by atoms with Gasteiger partial charge in [-0.2, -0.15) is 4.98 Å². The third-order valence-electron chi connectivity index (χ3n) is 3.08. The van der Waals surface area contributed by atoms with Crippen molar-refractivity contribution in [2.45, 2.75) is 31.3 Å². The van der Waals surface area contributed by atoms with Gasteiger partial charge < -0.3 is 14.8 Å². The second kappa shape index (κ2) is 4.33. The highest BCUT2D eigenvalue weighted by Gasteiger charge is 2.38. The van der Waals surface area contributed by atoms with Gasteiger partial charge in [0.05, 0.1) is 0 Å². The Bertz CT molecular complexity index is 452. The fourth-order valence-electron chi connectivity index (χ4n) is 2.15. The summed E-state index contributed by atoms with van der Waals surface area (Å²) in [6.07, 6.45) is 3.74. The molecule has 0 aromatic carbocycles. The molecule has 1 heterocycles. The molecule has 1 aromatic heterocycles. The van der Waals surface area contributed by atoms with Crippen LogP contribution in [0.4, 0.5) is 0 Å².